The van der Waals surface area contributed by atoms with Crippen LogP contribution in [0.3, 0.4) is 0 Å². The van der Waals surface area contributed by atoms with Crippen molar-refractivity contribution in [2.24, 2.45) is 0 Å². The SMILES string of the molecule is C[C@@H]1O[C@@H](O[C@H]2C[C@](O)(C(=O)CO)Cc3c(O)c4c(c(O)c32)C(=O)c2c(O)cccc2C4=O)C[C@H](NCC(O)C(O)C(O)C(O)CO)[C@@H]1O. The minimum Gasteiger partial charge on any atom is -0.507 e. The van der Waals surface area contributed by atoms with Gasteiger partial charge in [-0.1, -0.05) is 12.1 Å². The van der Waals surface area contributed by atoms with Crippen LogP contribution in [0.5, 0.6) is 17.2 Å². The van der Waals surface area contributed by atoms with E-state index < -0.39 is 145 Å². The van der Waals surface area contributed by atoms with Gasteiger partial charge in [-0.3, -0.25) is 14.4 Å². The van der Waals surface area contributed by atoms with Crippen molar-refractivity contribution in [2.75, 3.05) is 19.8 Å². The van der Waals surface area contributed by atoms with E-state index in [-0.39, 0.29) is 23.1 Å². The minimum absolute atomic E-state index is 0.204. The molecule has 3 aliphatic rings. The number of Topliss-reactive ketones (excluding diaryl/α,β-unsaturated/α-hetero) is 1. The number of fused-ring (bicyclic) bond motifs is 3. The third-order valence-electron chi connectivity index (χ3n) is 9.47. The second-order valence-electron chi connectivity index (χ2n) is 12.6. The van der Waals surface area contributed by atoms with E-state index in [0.717, 1.165) is 6.07 Å². The molecule has 0 bridgehead atoms. The Morgan fingerprint density at radius 2 is 1.65 bits per heavy atom. The molecule has 4 unspecified atom stereocenters. The normalized spacial score (nSPS) is 29.0. The molecule has 0 spiro atoms. The maximum atomic E-state index is 13.6. The van der Waals surface area contributed by atoms with Crippen molar-refractivity contribution in [3.05, 3.63) is 51.6 Å². The average molecular weight is 694 g/mol. The minimum atomic E-state index is -2.39. The molecule has 0 saturated carbocycles. The van der Waals surface area contributed by atoms with Gasteiger partial charge in [-0.25, -0.2) is 0 Å². The highest BCUT2D eigenvalue weighted by atomic mass is 16.7. The van der Waals surface area contributed by atoms with Crippen LogP contribution in [-0.4, -0.2) is 148 Å². The maximum absolute atomic E-state index is 13.6. The molecule has 0 radical (unpaired) electrons. The molecular formula is C32H39NO16. The summed E-state index contributed by atoms with van der Waals surface area (Å²) in [4.78, 5) is 39.9. The molecule has 2 aliphatic carbocycles. The number of ether oxygens (including phenoxy) is 2. The Labute approximate surface area is 278 Å². The van der Waals surface area contributed by atoms with E-state index >= 15 is 0 Å². The number of ketones is 3. The lowest BCUT2D eigenvalue weighted by atomic mass is 9.72. The molecule has 17 heteroatoms. The van der Waals surface area contributed by atoms with Gasteiger partial charge in [-0.15, -0.1) is 0 Å². The van der Waals surface area contributed by atoms with Crippen molar-refractivity contribution in [2.45, 2.75) is 86.8 Å². The smallest absolute Gasteiger partial charge is 0.202 e. The molecule has 2 aromatic rings. The molecule has 10 atom stereocenters. The first-order chi connectivity index (χ1) is 23.1. The van der Waals surface area contributed by atoms with Gasteiger partial charge in [0.2, 0.25) is 5.78 Å². The Kier molecular flexibility index (Phi) is 10.5. The zero-order valence-corrected chi connectivity index (χ0v) is 26.1. The monoisotopic (exact) mass is 693 g/mol. The summed E-state index contributed by atoms with van der Waals surface area (Å²) in [5, 5.41) is 117. The summed E-state index contributed by atoms with van der Waals surface area (Å²) in [7, 11) is 0. The zero-order valence-electron chi connectivity index (χ0n) is 26.1. The number of phenols is 3. The lowest BCUT2D eigenvalue weighted by molar-refractivity contribution is -0.250. The van der Waals surface area contributed by atoms with Crippen molar-refractivity contribution >= 4 is 17.3 Å². The number of benzene rings is 2. The Balaban J connectivity index is 1.48. The standard InChI is InChI=1S/C32H39NO16/c1-11-25(40)14(33-8-16(37)28(43)29(44)17(38)9-34)5-20(48-11)49-18-7-32(47,19(39)10-35)6-13-22(18)31(46)24-23(27(13)42)26(41)12-3-2-4-15(36)21(12)30(24)45/h2-4,11,14,16-18,20,25,28-29,33-38,40,42-44,46-47H,5-10H2,1H3/t11-,14-,16?,17?,18-,20-,25+,28?,29?,32-/m0/s1. The third kappa shape index (κ3) is 6.44. The Bertz CT molecular complexity index is 1630. The van der Waals surface area contributed by atoms with E-state index in [2.05, 4.69) is 5.32 Å². The number of phenolic OH excluding ortho intramolecular Hbond substituents is 3. The predicted molar refractivity (Wildman–Crippen MR) is 162 cm³/mol. The number of hydrogen-bond acceptors (Lipinski definition) is 17. The van der Waals surface area contributed by atoms with Gasteiger partial charge in [0.1, 0.15) is 47.8 Å². The summed E-state index contributed by atoms with van der Waals surface area (Å²) in [6.45, 7) is -0.962. The van der Waals surface area contributed by atoms with Crippen molar-refractivity contribution in [3.63, 3.8) is 0 Å². The van der Waals surface area contributed by atoms with Gasteiger partial charge in [0.25, 0.3) is 0 Å². The average Bonchev–Trinajstić information content (AvgIpc) is 3.07. The Hall–Kier alpha value is -3.59. The number of hydrogen-bond donors (Lipinski definition) is 12. The van der Waals surface area contributed by atoms with Gasteiger partial charge in [0.15, 0.2) is 17.9 Å². The fraction of sp³-hybridized carbons (Fsp3) is 0.531. The van der Waals surface area contributed by atoms with Crippen LogP contribution in [0.25, 0.3) is 0 Å². The van der Waals surface area contributed by atoms with Gasteiger partial charge in [0, 0.05) is 48.5 Å². The fourth-order valence-corrected chi connectivity index (χ4v) is 6.72. The van der Waals surface area contributed by atoms with Crippen molar-refractivity contribution < 1.29 is 80.0 Å². The molecule has 0 amide bonds. The second kappa shape index (κ2) is 14.0. The summed E-state index contributed by atoms with van der Waals surface area (Å²) in [5.41, 5.74) is -4.90. The number of aromatic hydroxyl groups is 3. The maximum Gasteiger partial charge on any atom is 0.202 e. The van der Waals surface area contributed by atoms with Crippen LogP contribution >= 0.6 is 0 Å². The van der Waals surface area contributed by atoms with E-state index in [9.17, 15) is 65.4 Å². The van der Waals surface area contributed by atoms with Crippen LogP contribution < -0.4 is 5.32 Å². The van der Waals surface area contributed by atoms with Crippen molar-refractivity contribution in [1.82, 2.24) is 5.32 Å². The third-order valence-corrected chi connectivity index (χ3v) is 9.47. The van der Waals surface area contributed by atoms with Crippen LogP contribution in [0.1, 0.15) is 68.8 Å². The molecule has 1 heterocycles. The summed E-state index contributed by atoms with van der Waals surface area (Å²) in [5.74, 6) is -5.19. The van der Waals surface area contributed by atoms with Gasteiger partial charge in [0.05, 0.1) is 47.7 Å². The van der Waals surface area contributed by atoms with E-state index in [0.29, 0.717) is 0 Å². The van der Waals surface area contributed by atoms with Crippen LogP contribution in [0.2, 0.25) is 0 Å². The Morgan fingerprint density at radius 3 is 2.31 bits per heavy atom. The van der Waals surface area contributed by atoms with Crippen LogP contribution in [-0.2, 0) is 20.7 Å². The number of carbonyl (C=O) groups excluding carboxylic acids is 3. The molecule has 268 valence electrons. The van der Waals surface area contributed by atoms with Gasteiger partial charge >= 0.3 is 0 Å². The largest absolute Gasteiger partial charge is 0.507 e. The van der Waals surface area contributed by atoms with Crippen LogP contribution in [0.4, 0.5) is 0 Å². The van der Waals surface area contributed by atoms with Crippen LogP contribution in [0, 0.1) is 0 Å². The summed E-state index contributed by atoms with van der Waals surface area (Å²) >= 11 is 0. The number of rotatable bonds is 11. The van der Waals surface area contributed by atoms with Gasteiger partial charge in [-0.05, 0) is 13.0 Å². The molecule has 5 rings (SSSR count). The molecule has 0 aromatic heterocycles. The molecular weight excluding hydrogens is 654 g/mol. The highest BCUT2D eigenvalue weighted by Gasteiger charge is 2.50. The van der Waals surface area contributed by atoms with Gasteiger partial charge < -0.3 is 71.0 Å². The fourth-order valence-electron chi connectivity index (χ4n) is 6.72. The lowest BCUT2D eigenvalue weighted by Crippen LogP contribution is -2.57. The summed E-state index contributed by atoms with van der Waals surface area (Å²) in [6, 6.07) is 2.78. The van der Waals surface area contributed by atoms with Crippen molar-refractivity contribution in [3.8, 4) is 17.2 Å². The predicted octanol–water partition coefficient (Wildman–Crippen LogP) is -3.23. The first kappa shape index (κ1) is 36.7. The molecule has 12 N–H and O–H groups in total. The van der Waals surface area contributed by atoms with E-state index in [1.54, 1.807) is 0 Å². The molecule has 17 nitrogen and oxygen atoms in total. The zero-order chi connectivity index (χ0) is 36.1. The van der Waals surface area contributed by atoms with E-state index in [1.807, 2.05) is 0 Å². The first-order valence-electron chi connectivity index (χ1n) is 15.5. The highest BCUT2D eigenvalue weighted by molar-refractivity contribution is 6.31. The highest BCUT2D eigenvalue weighted by Crippen LogP contribution is 2.52. The molecule has 1 fully saturated rings. The first-order valence-corrected chi connectivity index (χ1v) is 15.5. The molecule has 1 saturated heterocycles. The summed E-state index contributed by atoms with van der Waals surface area (Å²) < 4.78 is 11.9. The molecule has 2 aromatic carbocycles. The Morgan fingerprint density at radius 1 is 1.00 bits per heavy atom. The second-order valence-corrected chi connectivity index (χ2v) is 12.6. The summed E-state index contributed by atoms with van der Waals surface area (Å²) in [6.07, 6.45) is -13.7. The van der Waals surface area contributed by atoms with E-state index in [4.69, 9.17) is 14.6 Å². The molecule has 1 aliphatic heterocycles. The van der Waals surface area contributed by atoms with Crippen LogP contribution in [0.15, 0.2) is 18.2 Å². The number of carbonyl (C=O) groups is 3. The quantitative estimate of drug-likeness (QED) is 0.0878. The number of aliphatic hydroxyl groups excluding tert-OH is 7. The lowest BCUT2D eigenvalue weighted by Gasteiger charge is -2.43. The van der Waals surface area contributed by atoms with Crippen molar-refractivity contribution in [1.29, 1.82) is 0 Å². The number of aliphatic hydroxyl groups is 8. The van der Waals surface area contributed by atoms with Gasteiger partial charge in [-0.2, -0.15) is 0 Å². The van der Waals surface area contributed by atoms with E-state index in [1.165, 1.54) is 19.1 Å². The topological polar surface area (TPSA) is 304 Å². The number of nitrogens with one attached hydrogen (secondary N) is 1. The molecule has 49 heavy (non-hydrogen) atoms.